The maximum absolute atomic E-state index is 13.6. The second-order valence-electron chi connectivity index (χ2n) is 3.75. The molecular weight excluding hydrogens is 254 g/mol. The minimum absolute atomic E-state index is 0.152. The van der Waals surface area contributed by atoms with Crippen LogP contribution in [0.4, 0.5) is 8.78 Å². The quantitative estimate of drug-likeness (QED) is 0.842. The van der Waals surface area contributed by atoms with Crippen molar-refractivity contribution in [2.24, 2.45) is 0 Å². The Labute approximate surface area is 108 Å². The van der Waals surface area contributed by atoms with Gasteiger partial charge in [0, 0.05) is 0 Å². The number of hydrogen-bond donors (Lipinski definition) is 0. The van der Waals surface area contributed by atoms with Gasteiger partial charge in [-0.2, -0.15) is 5.26 Å². The van der Waals surface area contributed by atoms with Gasteiger partial charge in [0.2, 0.25) is 0 Å². The molecule has 92 valence electrons. The van der Waals surface area contributed by atoms with Gasteiger partial charge in [0.25, 0.3) is 0 Å². The van der Waals surface area contributed by atoms with Gasteiger partial charge in [-0.15, -0.1) is 11.3 Å². The molecule has 1 aromatic heterocycles. The van der Waals surface area contributed by atoms with Crippen molar-refractivity contribution in [2.45, 2.75) is 19.8 Å². The largest absolute Gasteiger partial charge is 0.239 e. The highest BCUT2D eigenvalue weighted by atomic mass is 32.1. The lowest BCUT2D eigenvalue weighted by molar-refractivity contribution is 0.589. The fraction of sp³-hybridized carbons (Fsp3) is 0.231. The number of rotatable bonds is 3. The first kappa shape index (κ1) is 12.7. The van der Waals surface area contributed by atoms with Crippen molar-refractivity contribution in [3.8, 4) is 16.6 Å². The third-order valence-electron chi connectivity index (χ3n) is 2.46. The molecule has 2 aromatic rings. The van der Waals surface area contributed by atoms with E-state index >= 15 is 0 Å². The Morgan fingerprint density at radius 2 is 2.00 bits per heavy atom. The molecule has 0 aliphatic rings. The van der Waals surface area contributed by atoms with E-state index < -0.39 is 11.6 Å². The SMILES string of the molecule is CCCc1nc(-c2c(F)cccc2F)sc1C#N. The zero-order valence-electron chi connectivity index (χ0n) is 9.70. The van der Waals surface area contributed by atoms with Gasteiger partial charge in [-0.25, -0.2) is 13.8 Å². The van der Waals surface area contributed by atoms with Crippen molar-refractivity contribution in [3.05, 3.63) is 40.4 Å². The molecule has 0 bridgehead atoms. The molecule has 0 unspecified atom stereocenters. The molecule has 0 saturated carbocycles. The highest BCUT2D eigenvalue weighted by Crippen LogP contribution is 2.31. The highest BCUT2D eigenvalue weighted by Gasteiger charge is 2.17. The molecule has 18 heavy (non-hydrogen) atoms. The number of halogens is 2. The van der Waals surface area contributed by atoms with E-state index in [9.17, 15) is 8.78 Å². The Hall–Kier alpha value is -1.80. The topological polar surface area (TPSA) is 36.7 Å². The molecular formula is C13H10F2N2S. The third kappa shape index (κ3) is 2.24. The van der Waals surface area contributed by atoms with Crippen LogP contribution in [-0.2, 0) is 6.42 Å². The van der Waals surface area contributed by atoms with E-state index in [0.29, 0.717) is 17.0 Å². The minimum atomic E-state index is -0.656. The van der Waals surface area contributed by atoms with Crippen LogP contribution in [0.3, 0.4) is 0 Å². The Morgan fingerprint density at radius 3 is 2.56 bits per heavy atom. The third-order valence-corrected chi connectivity index (χ3v) is 3.48. The molecule has 0 aliphatic carbocycles. The van der Waals surface area contributed by atoms with Crippen LogP contribution in [0.2, 0.25) is 0 Å². The zero-order chi connectivity index (χ0) is 13.1. The Morgan fingerprint density at radius 1 is 1.33 bits per heavy atom. The highest BCUT2D eigenvalue weighted by molar-refractivity contribution is 7.15. The molecule has 0 aliphatic heterocycles. The summed E-state index contributed by atoms with van der Waals surface area (Å²) in [4.78, 5) is 4.60. The second-order valence-corrected chi connectivity index (χ2v) is 4.75. The van der Waals surface area contributed by atoms with Crippen molar-refractivity contribution in [3.63, 3.8) is 0 Å². The number of hydrogen-bond acceptors (Lipinski definition) is 3. The first-order chi connectivity index (χ1) is 8.67. The van der Waals surface area contributed by atoms with Crippen molar-refractivity contribution in [2.75, 3.05) is 0 Å². The first-order valence-electron chi connectivity index (χ1n) is 5.51. The Kier molecular flexibility index (Phi) is 3.68. The molecule has 0 saturated heterocycles. The van der Waals surface area contributed by atoms with Crippen LogP contribution in [-0.4, -0.2) is 4.98 Å². The molecule has 1 heterocycles. The van der Waals surface area contributed by atoms with Gasteiger partial charge >= 0.3 is 0 Å². The zero-order valence-corrected chi connectivity index (χ0v) is 10.5. The molecule has 0 atom stereocenters. The number of aromatic nitrogens is 1. The van der Waals surface area contributed by atoms with Gasteiger partial charge in [0.1, 0.15) is 27.6 Å². The number of nitrogens with zero attached hydrogens (tertiary/aromatic N) is 2. The summed E-state index contributed by atoms with van der Waals surface area (Å²) in [5, 5.41) is 9.20. The lowest BCUT2D eigenvalue weighted by Gasteiger charge is -1.99. The predicted octanol–water partition coefficient (Wildman–Crippen LogP) is 3.91. The molecule has 0 amide bonds. The van der Waals surface area contributed by atoms with Gasteiger partial charge < -0.3 is 0 Å². The normalized spacial score (nSPS) is 10.3. The maximum Gasteiger partial charge on any atom is 0.136 e. The average molecular weight is 264 g/mol. The molecule has 0 fully saturated rings. The first-order valence-corrected chi connectivity index (χ1v) is 6.33. The number of nitriles is 1. The summed E-state index contributed by atoms with van der Waals surface area (Å²) in [7, 11) is 0. The smallest absolute Gasteiger partial charge is 0.136 e. The van der Waals surface area contributed by atoms with E-state index in [2.05, 4.69) is 4.98 Å². The van der Waals surface area contributed by atoms with Crippen molar-refractivity contribution >= 4 is 11.3 Å². The molecule has 5 heteroatoms. The lowest BCUT2D eigenvalue weighted by atomic mass is 10.2. The van der Waals surface area contributed by atoms with Crippen LogP contribution in [0.15, 0.2) is 18.2 Å². The Bertz CT molecular complexity index is 594. The summed E-state index contributed by atoms with van der Waals surface area (Å²) in [6.07, 6.45) is 1.47. The van der Waals surface area contributed by atoms with E-state index in [1.807, 2.05) is 13.0 Å². The van der Waals surface area contributed by atoms with Crippen molar-refractivity contribution in [1.29, 1.82) is 5.26 Å². The number of thiazole rings is 1. The van der Waals surface area contributed by atoms with E-state index in [1.165, 1.54) is 18.2 Å². The van der Waals surface area contributed by atoms with Gasteiger partial charge in [-0.05, 0) is 18.6 Å². The molecule has 0 N–H and O–H groups in total. The summed E-state index contributed by atoms with van der Waals surface area (Å²) in [5.41, 5.74) is 0.462. The van der Waals surface area contributed by atoms with E-state index in [1.54, 1.807) is 0 Å². The van der Waals surface area contributed by atoms with E-state index in [0.717, 1.165) is 17.8 Å². The fourth-order valence-corrected chi connectivity index (χ4v) is 2.61. The van der Waals surface area contributed by atoms with Crippen LogP contribution in [0.25, 0.3) is 10.6 Å². The monoisotopic (exact) mass is 264 g/mol. The average Bonchev–Trinajstić information content (AvgIpc) is 2.72. The van der Waals surface area contributed by atoms with Gasteiger partial charge in [-0.1, -0.05) is 19.4 Å². The predicted molar refractivity (Wildman–Crippen MR) is 66.2 cm³/mol. The minimum Gasteiger partial charge on any atom is -0.239 e. The van der Waals surface area contributed by atoms with Gasteiger partial charge in [-0.3, -0.25) is 0 Å². The van der Waals surface area contributed by atoms with Crippen LogP contribution in [0.5, 0.6) is 0 Å². The van der Waals surface area contributed by atoms with Gasteiger partial charge in [0.05, 0.1) is 11.3 Å². The summed E-state index contributed by atoms with van der Waals surface area (Å²) in [6, 6.07) is 5.70. The summed E-state index contributed by atoms with van der Waals surface area (Å²) >= 11 is 1.03. The molecule has 2 nitrogen and oxygen atoms in total. The van der Waals surface area contributed by atoms with Crippen LogP contribution in [0.1, 0.15) is 23.9 Å². The van der Waals surface area contributed by atoms with Crippen LogP contribution in [0, 0.1) is 23.0 Å². The summed E-state index contributed by atoms with van der Waals surface area (Å²) < 4.78 is 27.2. The summed E-state index contributed by atoms with van der Waals surface area (Å²) in [5.74, 6) is -1.31. The summed E-state index contributed by atoms with van der Waals surface area (Å²) in [6.45, 7) is 1.96. The molecule has 2 rings (SSSR count). The van der Waals surface area contributed by atoms with Crippen molar-refractivity contribution in [1.82, 2.24) is 4.98 Å². The van der Waals surface area contributed by atoms with E-state index in [4.69, 9.17) is 5.26 Å². The number of benzene rings is 1. The Balaban J connectivity index is 2.55. The maximum atomic E-state index is 13.6. The fourth-order valence-electron chi connectivity index (χ4n) is 1.65. The van der Waals surface area contributed by atoms with Crippen molar-refractivity contribution < 1.29 is 8.78 Å². The second kappa shape index (κ2) is 5.23. The van der Waals surface area contributed by atoms with E-state index in [-0.39, 0.29) is 10.6 Å². The van der Waals surface area contributed by atoms with Crippen LogP contribution >= 0.6 is 11.3 Å². The number of aryl methyl sites for hydroxylation is 1. The standard InChI is InChI=1S/C13H10F2N2S/c1-2-4-10-11(7-16)18-13(17-10)12-8(14)5-3-6-9(12)15/h3,5-6H,2,4H2,1H3. The van der Waals surface area contributed by atoms with Gasteiger partial charge in [0.15, 0.2) is 0 Å². The molecule has 0 spiro atoms. The van der Waals surface area contributed by atoms with Crippen LogP contribution < -0.4 is 0 Å². The lowest BCUT2D eigenvalue weighted by Crippen LogP contribution is -1.90. The molecule has 1 aromatic carbocycles. The molecule has 0 radical (unpaired) electrons.